The highest BCUT2D eigenvalue weighted by Crippen LogP contribution is 2.28. The van der Waals surface area contributed by atoms with Gasteiger partial charge in [-0.2, -0.15) is 0 Å². The number of carbonyl (C=O) groups is 2. The summed E-state index contributed by atoms with van der Waals surface area (Å²) in [6.07, 6.45) is 0. The topological polar surface area (TPSA) is 88.5 Å². The largest absolute Gasteiger partial charge is 0.496 e. The fourth-order valence-electron chi connectivity index (χ4n) is 2.09. The fourth-order valence-corrected chi connectivity index (χ4v) is 3.46. The van der Waals surface area contributed by atoms with Crippen molar-refractivity contribution in [3.63, 3.8) is 0 Å². The third kappa shape index (κ3) is 3.89. The van der Waals surface area contributed by atoms with Gasteiger partial charge in [-0.15, -0.1) is 11.3 Å². The van der Waals surface area contributed by atoms with Gasteiger partial charge in [0.15, 0.2) is 6.04 Å². The van der Waals surface area contributed by atoms with Gasteiger partial charge in [-0.05, 0) is 47.5 Å². The summed E-state index contributed by atoms with van der Waals surface area (Å²) in [5.41, 5.74) is 0.689. The van der Waals surface area contributed by atoms with Crippen molar-refractivity contribution in [1.29, 1.82) is 0 Å². The van der Waals surface area contributed by atoms with Crippen LogP contribution in [0.2, 0.25) is 0 Å². The van der Waals surface area contributed by atoms with Crippen molar-refractivity contribution >= 4 is 39.1 Å². The summed E-state index contributed by atoms with van der Waals surface area (Å²) in [5, 5.41) is 12.7. The highest BCUT2D eigenvalue weighted by molar-refractivity contribution is 9.10. The number of carboxylic acids is 1. The van der Waals surface area contributed by atoms with Crippen LogP contribution in [0.25, 0.3) is 0 Å². The molecule has 0 saturated heterocycles. The summed E-state index contributed by atoms with van der Waals surface area (Å²) < 4.78 is 5.73. The summed E-state index contributed by atoms with van der Waals surface area (Å²) in [7, 11) is 1.52. The normalized spacial score (nSPS) is 11.8. The molecule has 122 valence electrons. The van der Waals surface area contributed by atoms with Crippen molar-refractivity contribution in [2.75, 3.05) is 7.11 Å². The van der Waals surface area contributed by atoms with E-state index in [1.807, 2.05) is 0 Å². The standard InChI is InChI=1S/C15H15BrN2O4S/c1-7-12(17-8(2)23-7)14(19)18-13(15(20)21)9-4-5-11(22-3)10(16)6-9/h4-6,13H,1-3H3,(H,18,19)(H,20,21). The summed E-state index contributed by atoms with van der Waals surface area (Å²) in [4.78, 5) is 28.7. The van der Waals surface area contributed by atoms with Gasteiger partial charge in [0.25, 0.3) is 5.91 Å². The van der Waals surface area contributed by atoms with E-state index in [9.17, 15) is 14.7 Å². The lowest BCUT2D eigenvalue weighted by molar-refractivity contribution is -0.139. The molecule has 1 aromatic carbocycles. The average molecular weight is 399 g/mol. The molecule has 6 nitrogen and oxygen atoms in total. The first-order chi connectivity index (χ1) is 10.8. The molecular weight excluding hydrogens is 384 g/mol. The quantitative estimate of drug-likeness (QED) is 0.807. The molecule has 0 bridgehead atoms. The third-order valence-electron chi connectivity index (χ3n) is 3.15. The summed E-state index contributed by atoms with van der Waals surface area (Å²) in [5.74, 6) is -1.08. The molecule has 23 heavy (non-hydrogen) atoms. The van der Waals surface area contributed by atoms with Gasteiger partial charge in [0, 0.05) is 4.88 Å². The van der Waals surface area contributed by atoms with Gasteiger partial charge >= 0.3 is 5.97 Å². The van der Waals surface area contributed by atoms with Crippen LogP contribution in [0.1, 0.15) is 32.0 Å². The van der Waals surface area contributed by atoms with Gasteiger partial charge in [0.2, 0.25) is 0 Å². The monoisotopic (exact) mass is 398 g/mol. The zero-order valence-electron chi connectivity index (χ0n) is 12.7. The molecule has 0 saturated carbocycles. The van der Waals surface area contributed by atoms with E-state index in [1.165, 1.54) is 18.4 Å². The molecule has 0 aliphatic carbocycles. The van der Waals surface area contributed by atoms with Crippen molar-refractivity contribution in [2.24, 2.45) is 0 Å². The number of nitrogens with zero attached hydrogens (tertiary/aromatic N) is 1. The molecule has 1 unspecified atom stereocenters. The fraction of sp³-hybridized carbons (Fsp3) is 0.267. The van der Waals surface area contributed by atoms with Crippen molar-refractivity contribution in [1.82, 2.24) is 10.3 Å². The Balaban J connectivity index is 2.29. The minimum absolute atomic E-state index is 0.256. The Hall–Kier alpha value is -1.93. The van der Waals surface area contributed by atoms with Crippen LogP contribution in [0, 0.1) is 13.8 Å². The van der Waals surface area contributed by atoms with E-state index < -0.39 is 17.9 Å². The first-order valence-electron chi connectivity index (χ1n) is 6.64. The number of thiazole rings is 1. The van der Waals surface area contributed by atoms with E-state index in [0.717, 1.165) is 9.88 Å². The first kappa shape index (κ1) is 17.4. The summed E-state index contributed by atoms with van der Waals surface area (Å²) in [6.45, 7) is 3.57. The Labute approximate surface area is 145 Å². The predicted octanol–water partition coefficient (Wildman–Crippen LogP) is 3.09. The van der Waals surface area contributed by atoms with Crippen LogP contribution in [-0.2, 0) is 4.79 Å². The number of aromatic nitrogens is 1. The molecule has 8 heteroatoms. The third-order valence-corrected chi connectivity index (χ3v) is 4.66. The number of carboxylic acid groups (broad SMARTS) is 1. The Morgan fingerprint density at radius 2 is 2.09 bits per heavy atom. The maximum Gasteiger partial charge on any atom is 0.330 e. The summed E-state index contributed by atoms with van der Waals surface area (Å²) in [6, 6.07) is 3.67. The van der Waals surface area contributed by atoms with Gasteiger partial charge in [0.05, 0.1) is 16.6 Å². The molecule has 2 rings (SSSR count). The number of nitrogens with one attached hydrogen (secondary N) is 1. The molecule has 0 spiro atoms. The molecule has 1 atom stereocenters. The highest BCUT2D eigenvalue weighted by atomic mass is 79.9. The number of rotatable bonds is 5. The van der Waals surface area contributed by atoms with Gasteiger partial charge in [-0.3, -0.25) is 4.79 Å². The molecule has 0 radical (unpaired) electrons. The number of aryl methyl sites for hydroxylation is 2. The van der Waals surface area contributed by atoms with Crippen molar-refractivity contribution in [3.05, 3.63) is 43.8 Å². The van der Waals surface area contributed by atoms with E-state index in [-0.39, 0.29) is 5.69 Å². The van der Waals surface area contributed by atoms with Crippen LogP contribution in [-0.4, -0.2) is 29.1 Å². The van der Waals surface area contributed by atoms with Gasteiger partial charge < -0.3 is 15.2 Å². The maximum absolute atomic E-state index is 12.3. The molecule has 2 N–H and O–H groups in total. The Morgan fingerprint density at radius 1 is 1.39 bits per heavy atom. The molecule has 1 aromatic heterocycles. The number of hydrogen-bond donors (Lipinski definition) is 2. The molecule has 0 aliphatic heterocycles. The number of aliphatic carboxylic acids is 1. The van der Waals surface area contributed by atoms with Crippen LogP contribution >= 0.6 is 27.3 Å². The SMILES string of the molecule is COc1ccc(C(NC(=O)c2nc(C)sc2C)C(=O)O)cc1Br. The van der Waals surface area contributed by atoms with E-state index >= 15 is 0 Å². The number of amides is 1. The van der Waals surface area contributed by atoms with Crippen LogP contribution in [0.4, 0.5) is 0 Å². The van der Waals surface area contributed by atoms with E-state index in [1.54, 1.807) is 32.0 Å². The van der Waals surface area contributed by atoms with E-state index in [2.05, 4.69) is 26.2 Å². The van der Waals surface area contributed by atoms with Crippen LogP contribution in [0.15, 0.2) is 22.7 Å². The molecule has 1 amide bonds. The Morgan fingerprint density at radius 3 is 2.57 bits per heavy atom. The predicted molar refractivity (Wildman–Crippen MR) is 90.1 cm³/mol. The highest BCUT2D eigenvalue weighted by Gasteiger charge is 2.25. The first-order valence-corrected chi connectivity index (χ1v) is 8.25. The molecular formula is C15H15BrN2O4S. The lowest BCUT2D eigenvalue weighted by Gasteiger charge is -2.15. The number of hydrogen-bond acceptors (Lipinski definition) is 5. The number of carbonyl (C=O) groups excluding carboxylic acids is 1. The second-order valence-corrected chi connectivity index (χ2v) is 7.04. The molecule has 0 fully saturated rings. The van der Waals surface area contributed by atoms with Gasteiger partial charge in [-0.1, -0.05) is 6.07 Å². The average Bonchev–Trinajstić information content (AvgIpc) is 2.83. The number of benzene rings is 1. The van der Waals surface area contributed by atoms with Gasteiger partial charge in [0.1, 0.15) is 11.4 Å². The van der Waals surface area contributed by atoms with Crippen LogP contribution in [0.5, 0.6) is 5.75 Å². The van der Waals surface area contributed by atoms with Crippen molar-refractivity contribution in [2.45, 2.75) is 19.9 Å². The summed E-state index contributed by atoms with van der Waals surface area (Å²) >= 11 is 4.70. The molecule has 2 aromatic rings. The lowest BCUT2D eigenvalue weighted by atomic mass is 10.1. The number of methoxy groups -OCH3 is 1. The smallest absolute Gasteiger partial charge is 0.330 e. The molecule has 1 heterocycles. The zero-order chi connectivity index (χ0) is 17.1. The number of ether oxygens (including phenoxy) is 1. The Bertz CT molecular complexity index is 760. The van der Waals surface area contributed by atoms with Gasteiger partial charge in [-0.25, -0.2) is 9.78 Å². The Kier molecular flexibility index (Phi) is 5.38. The van der Waals surface area contributed by atoms with E-state index in [0.29, 0.717) is 15.8 Å². The van der Waals surface area contributed by atoms with Crippen LogP contribution < -0.4 is 10.1 Å². The minimum atomic E-state index is -1.17. The van der Waals surface area contributed by atoms with Crippen LogP contribution in [0.3, 0.4) is 0 Å². The second kappa shape index (κ2) is 7.10. The second-order valence-electron chi connectivity index (χ2n) is 4.78. The zero-order valence-corrected chi connectivity index (χ0v) is 15.1. The lowest BCUT2D eigenvalue weighted by Crippen LogP contribution is -2.34. The molecule has 0 aliphatic rings. The van der Waals surface area contributed by atoms with Crippen molar-refractivity contribution < 1.29 is 19.4 Å². The maximum atomic E-state index is 12.3. The number of halogens is 1. The van der Waals surface area contributed by atoms with Crippen molar-refractivity contribution in [3.8, 4) is 5.75 Å². The van der Waals surface area contributed by atoms with E-state index in [4.69, 9.17) is 4.74 Å². The minimum Gasteiger partial charge on any atom is -0.496 e.